The summed E-state index contributed by atoms with van der Waals surface area (Å²) in [5.74, 6) is 2.50. The first kappa shape index (κ1) is 15.4. The number of nitrogens with two attached hydrogens (primary N) is 1. The van der Waals surface area contributed by atoms with Crippen LogP contribution in [0.25, 0.3) is 0 Å². The average Bonchev–Trinajstić information content (AvgIpc) is 2.94. The Hall–Kier alpha value is -2.01. The lowest BCUT2D eigenvalue weighted by Crippen LogP contribution is -2.27. The molecule has 0 bridgehead atoms. The molecule has 1 aromatic carbocycles. The van der Waals surface area contributed by atoms with Gasteiger partial charge >= 0.3 is 0 Å². The van der Waals surface area contributed by atoms with Crippen molar-refractivity contribution in [1.82, 2.24) is 9.55 Å². The van der Waals surface area contributed by atoms with Crippen molar-refractivity contribution < 1.29 is 9.47 Å². The largest absolute Gasteiger partial charge is 0.493 e. The molecule has 0 spiro atoms. The molecule has 0 radical (unpaired) electrons. The van der Waals surface area contributed by atoms with E-state index in [4.69, 9.17) is 15.2 Å². The molecular formula is C16H23N3O2. The third-order valence-corrected chi connectivity index (χ3v) is 3.53. The van der Waals surface area contributed by atoms with Gasteiger partial charge in [-0.2, -0.15) is 0 Å². The van der Waals surface area contributed by atoms with E-state index in [0.717, 1.165) is 42.3 Å². The highest BCUT2D eigenvalue weighted by molar-refractivity contribution is 5.43. The van der Waals surface area contributed by atoms with Gasteiger partial charge in [-0.1, -0.05) is 6.07 Å². The van der Waals surface area contributed by atoms with Crippen molar-refractivity contribution in [1.29, 1.82) is 0 Å². The van der Waals surface area contributed by atoms with Crippen LogP contribution < -0.4 is 15.2 Å². The van der Waals surface area contributed by atoms with Gasteiger partial charge in [-0.15, -0.1) is 0 Å². The Morgan fingerprint density at radius 1 is 1.19 bits per heavy atom. The molecule has 2 rings (SSSR count). The number of aromatic nitrogens is 2. The molecule has 0 saturated carbocycles. The first-order valence-corrected chi connectivity index (χ1v) is 7.14. The maximum atomic E-state index is 6.26. The van der Waals surface area contributed by atoms with E-state index in [1.54, 1.807) is 14.2 Å². The highest BCUT2D eigenvalue weighted by Gasteiger charge is 2.11. The number of nitrogens with zero attached hydrogens (tertiary/aromatic N) is 2. The fraction of sp³-hybridized carbons (Fsp3) is 0.438. The predicted molar refractivity (Wildman–Crippen MR) is 82.8 cm³/mol. The number of benzene rings is 1. The molecule has 1 unspecified atom stereocenters. The molecule has 0 amide bonds. The van der Waals surface area contributed by atoms with Gasteiger partial charge in [-0.05, 0) is 31.0 Å². The molecule has 21 heavy (non-hydrogen) atoms. The van der Waals surface area contributed by atoms with Crippen molar-refractivity contribution in [3.8, 4) is 11.5 Å². The molecule has 114 valence electrons. The number of aryl methyl sites for hydroxylation is 1. The zero-order valence-corrected chi connectivity index (χ0v) is 12.9. The molecule has 2 N–H and O–H groups in total. The van der Waals surface area contributed by atoms with Gasteiger partial charge < -0.3 is 19.8 Å². The number of ether oxygens (including phenoxy) is 2. The SMILES string of the molecule is CCn1ccnc1CC(N)Cc1ccc(OC)c(OC)c1. The van der Waals surface area contributed by atoms with Gasteiger partial charge in [-0.25, -0.2) is 4.98 Å². The second kappa shape index (κ2) is 7.13. The van der Waals surface area contributed by atoms with Crippen LogP contribution in [0.4, 0.5) is 0 Å². The molecule has 0 fully saturated rings. The molecule has 0 saturated heterocycles. The number of methoxy groups -OCH3 is 2. The Morgan fingerprint density at radius 3 is 2.62 bits per heavy atom. The van der Waals surface area contributed by atoms with Gasteiger partial charge in [0.2, 0.25) is 0 Å². The minimum Gasteiger partial charge on any atom is -0.493 e. The highest BCUT2D eigenvalue weighted by Crippen LogP contribution is 2.28. The summed E-state index contributed by atoms with van der Waals surface area (Å²) < 4.78 is 12.7. The van der Waals surface area contributed by atoms with Crippen molar-refractivity contribution in [3.63, 3.8) is 0 Å². The van der Waals surface area contributed by atoms with Crippen molar-refractivity contribution in [2.24, 2.45) is 5.73 Å². The molecule has 1 atom stereocenters. The molecule has 0 aliphatic rings. The van der Waals surface area contributed by atoms with E-state index in [2.05, 4.69) is 16.5 Å². The average molecular weight is 289 g/mol. The van der Waals surface area contributed by atoms with Crippen LogP contribution in [0.3, 0.4) is 0 Å². The van der Waals surface area contributed by atoms with Crippen LogP contribution >= 0.6 is 0 Å². The van der Waals surface area contributed by atoms with Crippen molar-refractivity contribution >= 4 is 0 Å². The third kappa shape index (κ3) is 3.76. The van der Waals surface area contributed by atoms with Crippen molar-refractivity contribution in [2.45, 2.75) is 32.4 Å². The van der Waals surface area contributed by atoms with Gasteiger partial charge in [0.1, 0.15) is 5.82 Å². The smallest absolute Gasteiger partial charge is 0.160 e. The molecule has 5 heteroatoms. The Bertz CT molecular complexity index is 581. The predicted octanol–water partition coefficient (Wildman–Crippen LogP) is 2.03. The summed E-state index contributed by atoms with van der Waals surface area (Å²) in [7, 11) is 3.27. The summed E-state index contributed by atoms with van der Waals surface area (Å²) >= 11 is 0. The van der Waals surface area contributed by atoms with Gasteiger partial charge in [0.05, 0.1) is 14.2 Å². The van der Waals surface area contributed by atoms with E-state index in [9.17, 15) is 0 Å². The summed E-state index contributed by atoms with van der Waals surface area (Å²) in [5.41, 5.74) is 7.39. The summed E-state index contributed by atoms with van der Waals surface area (Å²) in [4.78, 5) is 4.37. The van der Waals surface area contributed by atoms with Crippen LogP contribution in [0.1, 0.15) is 18.3 Å². The highest BCUT2D eigenvalue weighted by atomic mass is 16.5. The lowest BCUT2D eigenvalue weighted by Gasteiger charge is -2.14. The second-order valence-corrected chi connectivity index (χ2v) is 4.99. The van der Waals surface area contributed by atoms with E-state index in [1.807, 2.05) is 30.6 Å². The van der Waals surface area contributed by atoms with E-state index in [-0.39, 0.29) is 6.04 Å². The zero-order valence-electron chi connectivity index (χ0n) is 12.9. The lowest BCUT2D eigenvalue weighted by molar-refractivity contribution is 0.354. The number of hydrogen-bond acceptors (Lipinski definition) is 4. The van der Waals surface area contributed by atoms with Crippen LogP contribution in [0.15, 0.2) is 30.6 Å². The standard InChI is InChI=1S/C16H23N3O2/c1-4-19-8-7-18-16(19)11-13(17)9-12-5-6-14(20-2)15(10-12)21-3/h5-8,10,13H,4,9,11,17H2,1-3H3. The molecule has 0 aliphatic carbocycles. The maximum Gasteiger partial charge on any atom is 0.160 e. The fourth-order valence-corrected chi connectivity index (χ4v) is 2.43. The van der Waals surface area contributed by atoms with Crippen LogP contribution in [0.5, 0.6) is 11.5 Å². The molecule has 1 heterocycles. The Balaban J connectivity index is 2.04. The second-order valence-electron chi connectivity index (χ2n) is 4.99. The van der Waals surface area contributed by atoms with Crippen LogP contribution in [0, 0.1) is 0 Å². The van der Waals surface area contributed by atoms with Crippen LogP contribution in [-0.2, 0) is 19.4 Å². The van der Waals surface area contributed by atoms with E-state index < -0.39 is 0 Å². The third-order valence-electron chi connectivity index (χ3n) is 3.53. The van der Waals surface area contributed by atoms with Crippen LogP contribution in [0.2, 0.25) is 0 Å². The molecule has 1 aromatic heterocycles. The topological polar surface area (TPSA) is 62.3 Å². The zero-order chi connectivity index (χ0) is 15.2. The first-order valence-electron chi connectivity index (χ1n) is 7.14. The molecule has 5 nitrogen and oxygen atoms in total. The van der Waals surface area contributed by atoms with Gasteiger partial charge in [0.25, 0.3) is 0 Å². The Labute approximate surface area is 125 Å². The van der Waals surface area contributed by atoms with Gasteiger partial charge in [0.15, 0.2) is 11.5 Å². The van der Waals surface area contributed by atoms with Gasteiger partial charge in [0, 0.05) is 31.4 Å². The quantitative estimate of drug-likeness (QED) is 0.847. The Morgan fingerprint density at radius 2 is 1.95 bits per heavy atom. The summed E-state index contributed by atoms with van der Waals surface area (Å²) in [6.45, 7) is 3.02. The normalized spacial score (nSPS) is 12.2. The lowest BCUT2D eigenvalue weighted by atomic mass is 10.0. The summed E-state index contributed by atoms with van der Waals surface area (Å²) in [5, 5.41) is 0. The molecule has 2 aromatic rings. The minimum absolute atomic E-state index is 0.0239. The summed E-state index contributed by atoms with van der Waals surface area (Å²) in [6.07, 6.45) is 5.34. The van der Waals surface area contributed by atoms with Crippen molar-refractivity contribution in [2.75, 3.05) is 14.2 Å². The first-order chi connectivity index (χ1) is 10.2. The molecule has 0 aliphatic heterocycles. The molecular weight excluding hydrogens is 266 g/mol. The van der Waals surface area contributed by atoms with E-state index in [1.165, 1.54) is 0 Å². The summed E-state index contributed by atoms with van der Waals surface area (Å²) in [6, 6.07) is 5.93. The van der Waals surface area contributed by atoms with Crippen molar-refractivity contribution in [3.05, 3.63) is 42.0 Å². The monoisotopic (exact) mass is 289 g/mol. The van der Waals surface area contributed by atoms with E-state index in [0.29, 0.717) is 0 Å². The number of rotatable bonds is 7. The minimum atomic E-state index is 0.0239. The maximum absolute atomic E-state index is 6.26. The number of hydrogen-bond donors (Lipinski definition) is 1. The number of imidazole rings is 1. The van der Waals surface area contributed by atoms with Gasteiger partial charge in [-0.3, -0.25) is 0 Å². The van der Waals surface area contributed by atoms with Crippen LogP contribution in [-0.4, -0.2) is 29.8 Å². The van der Waals surface area contributed by atoms with E-state index >= 15 is 0 Å². The Kier molecular flexibility index (Phi) is 5.22. The fourth-order valence-electron chi connectivity index (χ4n) is 2.43.